The van der Waals surface area contributed by atoms with Gasteiger partial charge >= 0.3 is 0 Å². The summed E-state index contributed by atoms with van der Waals surface area (Å²) in [7, 11) is 0. The molecule has 0 fully saturated rings. The molecule has 0 aromatic heterocycles. The molecule has 0 bridgehead atoms. The molecule has 4 rings (SSSR count). The fraction of sp³-hybridized carbons (Fsp3) is 0.0690. The summed E-state index contributed by atoms with van der Waals surface area (Å²) in [6.07, 6.45) is 0.500. The first-order chi connectivity index (χ1) is 16.5. The lowest BCUT2D eigenvalue weighted by Crippen LogP contribution is -2.17. The van der Waals surface area contributed by atoms with E-state index in [-0.39, 0.29) is 24.5 Å². The summed E-state index contributed by atoms with van der Waals surface area (Å²) in [5.74, 6) is -0.276. The maximum absolute atomic E-state index is 13.3. The second kappa shape index (κ2) is 11.9. The van der Waals surface area contributed by atoms with Crippen molar-refractivity contribution < 1.29 is 14.4 Å². The molecular weight excluding hydrogens is 424 g/mol. The zero-order chi connectivity index (χ0) is 24.3. The highest BCUT2D eigenvalue weighted by molar-refractivity contribution is 6.14. The number of primary amides is 1. The van der Waals surface area contributed by atoms with Gasteiger partial charge in [-0.05, 0) is 35.7 Å². The number of anilines is 1. The monoisotopic (exact) mass is 450 g/mol. The Labute approximate surface area is 199 Å². The van der Waals surface area contributed by atoms with Gasteiger partial charge in [-0.25, -0.2) is 0 Å². The van der Waals surface area contributed by atoms with Crippen molar-refractivity contribution in [2.75, 3.05) is 5.32 Å². The van der Waals surface area contributed by atoms with Crippen molar-refractivity contribution in [1.29, 1.82) is 0 Å². The highest BCUT2D eigenvalue weighted by Crippen LogP contribution is 2.27. The maximum atomic E-state index is 13.3. The number of carbonyl (C=O) groups is 3. The van der Waals surface area contributed by atoms with Crippen molar-refractivity contribution in [1.82, 2.24) is 0 Å². The van der Waals surface area contributed by atoms with E-state index in [0.717, 1.165) is 22.3 Å². The van der Waals surface area contributed by atoms with Crippen molar-refractivity contribution in [2.45, 2.75) is 13.3 Å². The average molecular weight is 451 g/mol. The van der Waals surface area contributed by atoms with Crippen LogP contribution in [0.5, 0.6) is 0 Å². The lowest BCUT2D eigenvalue weighted by molar-refractivity contribution is -0.115. The van der Waals surface area contributed by atoms with E-state index < -0.39 is 0 Å². The Bertz CT molecular complexity index is 1250. The van der Waals surface area contributed by atoms with Crippen LogP contribution in [-0.2, 0) is 16.0 Å². The van der Waals surface area contributed by atoms with Crippen LogP contribution in [0.4, 0.5) is 5.69 Å². The molecule has 0 radical (unpaired) electrons. The number of nitrogens with one attached hydrogen (secondary N) is 1. The summed E-state index contributed by atoms with van der Waals surface area (Å²) in [5.41, 5.74) is 9.77. The Morgan fingerprint density at radius 1 is 0.794 bits per heavy atom. The minimum absolute atomic E-state index is 0.121. The molecule has 5 nitrogen and oxygen atoms in total. The van der Waals surface area contributed by atoms with E-state index in [1.54, 1.807) is 12.1 Å². The van der Waals surface area contributed by atoms with Gasteiger partial charge in [0.15, 0.2) is 5.78 Å². The SMILES string of the molecule is Cc1ccc(CC(=O)Nc2ccc(-c3ccccc3)cc2C(=O)c2ccccc2)cc1.NC=O. The number of ketones is 1. The topological polar surface area (TPSA) is 89.3 Å². The van der Waals surface area contributed by atoms with Gasteiger partial charge in [-0.15, -0.1) is 0 Å². The average Bonchev–Trinajstić information content (AvgIpc) is 2.87. The molecule has 34 heavy (non-hydrogen) atoms. The minimum Gasteiger partial charge on any atom is -0.372 e. The fourth-order valence-electron chi connectivity index (χ4n) is 3.48. The first-order valence-electron chi connectivity index (χ1n) is 10.8. The number of hydrogen-bond donors (Lipinski definition) is 2. The van der Waals surface area contributed by atoms with Crippen LogP contribution in [0.15, 0.2) is 103 Å². The third-order valence-electron chi connectivity index (χ3n) is 5.17. The normalized spacial score (nSPS) is 9.91. The summed E-state index contributed by atoms with van der Waals surface area (Å²) >= 11 is 0. The van der Waals surface area contributed by atoms with E-state index in [4.69, 9.17) is 4.79 Å². The molecular formula is C29H26N2O3. The van der Waals surface area contributed by atoms with Gasteiger partial charge in [0.2, 0.25) is 12.3 Å². The molecule has 4 aromatic rings. The quantitative estimate of drug-likeness (QED) is 0.313. The Kier molecular flexibility index (Phi) is 8.47. The van der Waals surface area contributed by atoms with Gasteiger partial charge in [-0.1, -0.05) is 96.6 Å². The largest absolute Gasteiger partial charge is 0.372 e. The maximum Gasteiger partial charge on any atom is 0.228 e. The van der Waals surface area contributed by atoms with E-state index in [0.29, 0.717) is 16.8 Å². The van der Waals surface area contributed by atoms with Crippen molar-refractivity contribution in [3.05, 3.63) is 125 Å². The summed E-state index contributed by atoms with van der Waals surface area (Å²) in [6, 6.07) is 32.5. The second-order valence-electron chi connectivity index (χ2n) is 7.67. The van der Waals surface area contributed by atoms with Crippen molar-refractivity contribution >= 4 is 23.8 Å². The molecule has 0 saturated carbocycles. The van der Waals surface area contributed by atoms with Crippen LogP contribution in [0.2, 0.25) is 0 Å². The Hall–Kier alpha value is -4.51. The third-order valence-corrected chi connectivity index (χ3v) is 5.17. The summed E-state index contributed by atoms with van der Waals surface area (Å²) in [5, 5.41) is 2.94. The Balaban J connectivity index is 0.00000103. The predicted octanol–water partition coefficient (Wildman–Crippen LogP) is 5.18. The summed E-state index contributed by atoms with van der Waals surface area (Å²) in [6.45, 7) is 2.01. The van der Waals surface area contributed by atoms with E-state index in [2.05, 4.69) is 11.1 Å². The number of aryl methyl sites for hydroxylation is 1. The van der Waals surface area contributed by atoms with E-state index in [1.807, 2.05) is 97.9 Å². The van der Waals surface area contributed by atoms with Crippen LogP contribution >= 0.6 is 0 Å². The number of benzene rings is 4. The van der Waals surface area contributed by atoms with Gasteiger partial charge in [0, 0.05) is 11.1 Å². The fourth-order valence-corrected chi connectivity index (χ4v) is 3.48. The van der Waals surface area contributed by atoms with E-state index in [9.17, 15) is 9.59 Å². The van der Waals surface area contributed by atoms with Crippen LogP contribution in [0.25, 0.3) is 11.1 Å². The van der Waals surface area contributed by atoms with E-state index in [1.165, 1.54) is 0 Å². The zero-order valence-corrected chi connectivity index (χ0v) is 18.9. The van der Waals surface area contributed by atoms with Crippen molar-refractivity contribution in [3.63, 3.8) is 0 Å². The smallest absolute Gasteiger partial charge is 0.228 e. The van der Waals surface area contributed by atoms with Gasteiger partial charge in [-0.3, -0.25) is 14.4 Å². The first kappa shape index (κ1) is 24.1. The van der Waals surface area contributed by atoms with Gasteiger partial charge in [-0.2, -0.15) is 0 Å². The van der Waals surface area contributed by atoms with Crippen LogP contribution in [-0.4, -0.2) is 18.1 Å². The molecule has 0 atom stereocenters. The molecule has 170 valence electrons. The van der Waals surface area contributed by atoms with Crippen LogP contribution in [0.1, 0.15) is 27.0 Å². The van der Waals surface area contributed by atoms with Crippen LogP contribution in [0, 0.1) is 6.92 Å². The molecule has 3 N–H and O–H groups in total. The molecule has 0 unspecified atom stereocenters. The molecule has 4 aromatic carbocycles. The molecule has 5 heteroatoms. The molecule has 2 amide bonds. The first-order valence-corrected chi connectivity index (χ1v) is 10.8. The molecule has 0 heterocycles. The van der Waals surface area contributed by atoms with Gasteiger partial charge in [0.25, 0.3) is 0 Å². The number of carbonyl (C=O) groups excluding carboxylic acids is 3. The minimum atomic E-state index is -0.154. The number of amides is 2. The predicted molar refractivity (Wildman–Crippen MR) is 136 cm³/mol. The second-order valence-corrected chi connectivity index (χ2v) is 7.67. The summed E-state index contributed by atoms with van der Waals surface area (Å²) < 4.78 is 0. The Morgan fingerprint density at radius 3 is 2.00 bits per heavy atom. The lowest BCUT2D eigenvalue weighted by atomic mass is 9.96. The lowest BCUT2D eigenvalue weighted by Gasteiger charge is -2.13. The molecule has 0 aliphatic carbocycles. The molecule has 0 saturated heterocycles. The van der Waals surface area contributed by atoms with Crippen LogP contribution < -0.4 is 11.1 Å². The van der Waals surface area contributed by atoms with Gasteiger partial charge < -0.3 is 11.1 Å². The number of hydrogen-bond acceptors (Lipinski definition) is 3. The van der Waals surface area contributed by atoms with Gasteiger partial charge in [0.1, 0.15) is 0 Å². The van der Waals surface area contributed by atoms with Crippen molar-refractivity contribution in [3.8, 4) is 11.1 Å². The highest BCUT2D eigenvalue weighted by atomic mass is 16.2. The number of rotatable bonds is 6. The highest BCUT2D eigenvalue weighted by Gasteiger charge is 2.17. The van der Waals surface area contributed by atoms with Crippen LogP contribution in [0.3, 0.4) is 0 Å². The molecule has 0 aliphatic heterocycles. The van der Waals surface area contributed by atoms with E-state index >= 15 is 0 Å². The Morgan fingerprint density at radius 2 is 1.38 bits per heavy atom. The number of nitrogens with two attached hydrogens (primary N) is 1. The third kappa shape index (κ3) is 6.50. The standard InChI is InChI=1S/C28H23NO2.CH3NO/c1-20-12-14-21(15-13-20)18-27(30)29-26-17-16-24(22-8-4-2-5-9-22)19-25(26)28(31)23-10-6-3-7-11-23;2-1-3/h2-17,19H,18H2,1H3,(H,29,30);1H,(H2,2,3). The summed E-state index contributed by atoms with van der Waals surface area (Å²) in [4.78, 5) is 34.6. The zero-order valence-electron chi connectivity index (χ0n) is 18.9. The van der Waals surface area contributed by atoms with Gasteiger partial charge in [0.05, 0.1) is 12.1 Å². The molecule has 0 spiro atoms. The van der Waals surface area contributed by atoms with Crippen molar-refractivity contribution in [2.24, 2.45) is 5.73 Å². The molecule has 0 aliphatic rings.